The Morgan fingerprint density at radius 1 is 0.500 bits per heavy atom. The monoisotopic (exact) mass is 1140 g/mol. The molecule has 2 aliphatic rings. The fourth-order valence-corrected chi connectivity index (χ4v) is 17.7. The maximum Gasteiger partial charge on any atom is 0.494 e. The fourth-order valence-electron chi connectivity index (χ4n) is 9.56. The van der Waals surface area contributed by atoms with Crippen molar-refractivity contribution in [1.29, 1.82) is 0 Å². The summed E-state index contributed by atoms with van der Waals surface area (Å²) in [6.07, 6.45) is 0. The second-order valence-electron chi connectivity index (χ2n) is 18.8. The third kappa shape index (κ3) is 11.3. The molecule has 351 valence electrons. The topological polar surface area (TPSA) is 36.9 Å². The van der Waals surface area contributed by atoms with Crippen molar-refractivity contribution in [2.45, 2.75) is 52.7 Å². The molecular weight excluding hydrogens is 1080 g/mol. The fraction of sp³-hybridized carbons (Fsp3) is 0.179. The van der Waals surface area contributed by atoms with Crippen molar-refractivity contribution in [3.8, 4) is 33.4 Å². The number of hydrogen-bond acceptors (Lipinski definition) is 4. The highest BCUT2D eigenvalue weighted by atomic mass is 79.9. The molecule has 9 aromatic rings. The predicted octanol–water partition coefficient (Wildman–Crippen LogP) is 16.2. The molecule has 1 radical (unpaired) electrons. The lowest BCUT2D eigenvalue weighted by Crippen LogP contribution is -2.41. The summed E-state index contributed by atoms with van der Waals surface area (Å²) in [5, 5.41) is 9.86. The van der Waals surface area contributed by atoms with Crippen LogP contribution < -0.4 is 10.9 Å². The molecule has 2 heterocycles. The maximum atomic E-state index is 6.53. The molecule has 0 N–H and O–H groups in total. The first-order chi connectivity index (χ1) is 33.6. The SMILES string of the molecule is CC1(C)OB(c2ccc3c(-c4ccc5ccccc5c4)c4ccccc4c(-c4ccc5ccccc5c4)c3c2)OC1(C)C.Cc1cc(B2OCCO2)cc(C)c1-c1cc(Br)cc(Br)c1.PP[B]P(P)P. The van der Waals surface area contributed by atoms with E-state index < -0.39 is 18.3 Å². The summed E-state index contributed by atoms with van der Waals surface area (Å²) in [4.78, 5) is 0. The molecule has 14 heteroatoms. The lowest BCUT2D eigenvalue weighted by molar-refractivity contribution is 0.00578. The van der Waals surface area contributed by atoms with Crippen molar-refractivity contribution in [3.63, 3.8) is 0 Å². The van der Waals surface area contributed by atoms with Crippen LogP contribution in [0.2, 0.25) is 0 Å². The molecule has 0 aliphatic carbocycles. The Morgan fingerprint density at radius 2 is 0.971 bits per heavy atom. The second kappa shape index (κ2) is 22.3. The summed E-state index contributed by atoms with van der Waals surface area (Å²) in [6, 6.07) is 57.1. The van der Waals surface area contributed by atoms with E-state index >= 15 is 0 Å². The standard InChI is InChI=1S/C40H33BO2.C16H15BBr2O2.BH7P5/c1-39(2)40(3,4)43-41(42-39)32-21-22-35-36(25-32)38(31-20-18-27-12-6-8-14-29(27)24-31)34-16-10-9-15-33(34)37(35)30-19-17-26-11-5-7-13-28(26)23-30;1-10-5-13(17-20-3-4-21-17)6-11(2)16(10)12-7-14(18)9-15(19)8-12;2-5-1-6(3)4/h5-25H,1-4H3;5-9H,3-4H2,1-2H3;5H,2-4H2. The Bertz CT molecular complexity index is 3330. The molecule has 0 bridgehead atoms. The number of benzene rings is 9. The van der Waals surface area contributed by atoms with Crippen molar-refractivity contribution < 1.29 is 18.6 Å². The van der Waals surface area contributed by atoms with Crippen LogP contribution in [-0.4, -0.2) is 45.4 Å². The van der Waals surface area contributed by atoms with Gasteiger partial charge in [-0.25, -0.2) is 0 Å². The summed E-state index contributed by atoms with van der Waals surface area (Å²) in [7, 11) is 8.54. The molecule has 2 saturated heterocycles. The molecule has 0 spiro atoms. The number of hydrogen-bond donors (Lipinski definition) is 0. The molecule has 70 heavy (non-hydrogen) atoms. The Kier molecular flexibility index (Phi) is 16.6. The summed E-state index contributed by atoms with van der Waals surface area (Å²) >= 11 is 7.12. The van der Waals surface area contributed by atoms with E-state index in [9.17, 15) is 0 Å². The maximum absolute atomic E-state index is 6.53. The van der Waals surface area contributed by atoms with Crippen molar-refractivity contribution in [1.82, 2.24) is 0 Å². The zero-order valence-electron chi connectivity index (χ0n) is 40.2. The first kappa shape index (κ1) is 52.0. The summed E-state index contributed by atoms with van der Waals surface area (Å²) < 4.78 is 26.4. The van der Waals surface area contributed by atoms with Gasteiger partial charge in [-0.15, -0.1) is 42.1 Å². The summed E-state index contributed by atoms with van der Waals surface area (Å²) in [5.41, 5.74) is 11.1. The lowest BCUT2D eigenvalue weighted by Gasteiger charge is -2.32. The van der Waals surface area contributed by atoms with Crippen LogP contribution in [0.15, 0.2) is 167 Å². The van der Waals surface area contributed by atoms with Crippen LogP contribution in [0.25, 0.3) is 76.5 Å². The molecule has 2 fully saturated rings. The summed E-state index contributed by atoms with van der Waals surface area (Å²) in [6.45, 7) is 16.3. The highest BCUT2D eigenvalue weighted by molar-refractivity contribution is 9.11. The quantitative estimate of drug-likeness (QED) is 0.0905. The van der Waals surface area contributed by atoms with Gasteiger partial charge in [-0.2, -0.15) is 0 Å². The number of halogens is 2. The first-order valence-electron chi connectivity index (χ1n) is 23.3. The van der Waals surface area contributed by atoms with Crippen LogP contribution in [0.3, 0.4) is 0 Å². The third-order valence-electron chi connectivity index (χ3n) is 13.5. The minimum atomic E-state index is -0.436. The van der Waals surface area contributed by atoms with Crippen LogP contribution in [0.5, 0.6) is 0 Å². The Balaban J connectivity index is 0.000000187. The highest BCUT2D eigenvalue weighted by Gasteiger charge is 2.51. The van der Waals surface area contributed by atoms with Gasteiger partial charge in [0.2, 0.25) is 0 Å². The predicted molar refractivity (Wildman–Crippen MR) is 327 cm³/mol. The minimum Gasteiger partial charge on any atom is -0.405 e. The van der Waals surface area contributed by atoms with E-state index in [-0.39, 0.29) is 14.3 Å². The average Bonchev–Trinajstić information content (AvgIpc) is 3.95. The van der Waals surface area contributed by atoms with Crippen LogP contribution in [0.4, 0.5) is 0 Å². The van der Waals surface area contributed by atoms with Crippen molar-refractivity contribution >= 4 is 149 Å². The molecule has 2 aliphatic heterocycles. The number of aryl methyl sites for hydroxylation is 2. The molecule has 0 aromatic heterocycles. The second-order valence-corrected chi connectivity index (χ2v) is 29.3. The number of rotatable bonds is 7. The van der Waals surface area contributed by atoms with Gasteiger partial charge < -0.3 is 18.6 Å². The van der Waals surface area contributed by atoms with E-state index in [4.69, 9.17) is 18.6 Å². The smallest absolute Gasteiger partial charge is 0.405 e. The third-order valence-corrected chi connectivity index (χ3v) is 20.2. The highest BCUT2D eigenvalue weighted by Crippen LogP contribution is 2.55. The average molecular weight is 1140 g/mol. The van der Waals surface area contributed by atoms with Crippen molar-refractivity contribution in [3.05, 3.63) is 178 Å². The molecule has 4 atom stereocenters. The normalized spacial score (nSPS) is 15.3. The molecule has 4 unspecified atom stereocenters. The van der Waals surface area contributed by atoms with E-state index in [1.807, 2.05) is 6.07 Å². The van der Waals surface area contributed by atoms with Crippen LogP contribution in [0.1, 0.15) is 38.8 Å². The van der Waals surface area contributed by atoms with Gasteiger partial charge in [0.05, 0.1) is 24.4 Å². The van der Waals surface area contributed by atoms with Crippen LogP contribution in [0, 0.1) is 13.8 Å². The Hall–Kier alpha value is -2.84. The molecule has 0 saturated carbocycles. The van der Waals surface area contributed by atoms with E-state index in [1.54, 1.807) is 0 Å². The number of fused-ring (bicyclic) bond motifs is 4. The largest absolute Gasteiger partial charge is 0.494 e. The Morgan fingerprint density at radius 3 is 1.46 bits per heavy atom. The van der Waals surface area contributed by atoms with Gasteiger partial charge in [0.15, 0.2) is 6.72 Å². The van der Waals surface area contributed by atoms with E-state index in [0.717, 1.165) is 28.0 Å². The Labute approximate surface area is 441 Å². The van der Waals surface area contributed by atoms with Gasteiger partial charge in [-0.05, 0) is 170 Å². The molecule has 0 amide bonds. The molecule has 4 nitrogen and oxygen atoms in total. The van der Waals surface area contributed by atoms with E-state index in [2.05, 4.69) is 259 Å². The van der Waals surface area contributed by atoms with Gasteiger partial charge in [0.25, 0.3) is 0 Å². The molecule has 9 aromatic carbocycles. The minimum absolute atomic E-state index is 0.0993. The van der Waals surface area contributed by atoms with Gasteiger partial charge in [0, 0.05) is 8.95 Å². The van der Waals surface area contributed by atoms with Crippen molar-refractivity contribution in [2.75, 3.05) is 13.2 Å². The van der Waals surface area contributed by atoms with Gasteiger partial charge in [-0.3, -0.25) is 0 Å². The zero-order chi connectivity index (χ0) is 49.3. The van der Waals surface area contributed by atoms with E-state index in [1.165, 1.54) is 87.6 Å². The van der Waals surface area contributed by atoms with Gasteiger partial charge in [0.1, 0.15) is 0 Å². The first-order valence-corrected chi connectivity index (χ1v) is 32.4. The van der Waals surface area contributed by atoms with Crippen LogP contribution in [-0.2, 0) is 18.6 Å². The van der Waals surface area contributed by atoms with Crippen molar-refractivity contribution in [2.24, 2.45) is 0 Å². The zero-order valence-corrected chi connectivity index (χ0v) is 48.8. The summed E-state index contributed by atoms with van der Waals surface area (Å²) in [5.74, 6) is 0. The van der Waals surface area contributed by atoms with E-state index in [0.29, 0.717) is 13.2 Å². The molecular formula is C56H55B3Br2O4P5. The lowest BCUT2D eigenvalue weighted by atomic mass is 9.76. The molecule has 11 rings (SSSR count). The van der Waals surface area contributed by atoms with Crippen LogP contribution >= 0.6 is 74.0 Å². The van der Waals surface area contributed by atoms with Gasteiger partial charge >= 0.3 is 14.2 Å². The van der Waals surface area contributed by atoms with Gasteiger partial charge in [-0.1, -0.05) is 159 Å².